The minimum absolute atomic E-state index is 0.143. The maximum Gasteiger partial charge on any atom is 0.266 e. The van der Waals surface area contributed by atoms with Crippen LogP contribution in [0.2, 0.25) is 0 Å². The molecule has 0 radical (unpaired) electrons. The van der Waals surface area contributed by atoms with E-state index in [2.05, 4.69) is 10.4 Å². The van der Waals surface area contributed by atoms with Gasteiger partial charge in [-0.05, 0) is 67.1 Å². The zero-order valence-electron chi connectivity index (χ0n) is 20.1. The molecular weight excluding hydrogens is 458 g/mol. The minimum atomic E-state index is -0.228. The van der Waals surface area contributed by atoms with Gasteiger partial charge in [-0.15, -0.1) is 0 Å². The highest BCUT2D eigenvalue weighted by atomic mass is 16.5. The highest BCUT2D eigenvalue weighted by Gasteiger charge is 2.10. The molecule has 4 aromatic rings. The van der Waals surface area contributed by atoms with Gasteiger partial charge in [-0.3, -0.25) is 9.59 Å². The molecule has 0 bridgehead atoms. The van der Waals surface area contributed by atoms with Crippen LogP contribution in [-0.2, 0) is 11.3 Å². The number of nitrogens with one attached hydrogen (secondary N) is 1. The van der Waals surface area contributed by atoms with Crippen LogP contribution in [-0.4, -0.2) is 29.9 Å². The lowest BCUT2D eigenvalue weighted by Crippen LogP contribution is -2.23. The van der Waals surface area contributed by atoms with Gasteiger partial charge in [0.05, 0.1) is 19.9 Å². The van der Waals surface area contributed by atoms with Crippen LogP contribution in [0.15, 0.2) is 89.7 Å². The summed E-state index contributed by atoms with van der Waals surface area (Å²) in [6.45, 7) is 0.317. The van der Waals surface area contributed by atoms with Crippen LogP contribution < -0.4 is 25.1 Å². The number of rotatable bonds is 10. The molecular formula is C28H27N3O5. The van der Waals surface area contributed by atoms with Crippen LogP contribution in [0.5, 0.6) is 23.0 Å². The average molecular weight is 486 g/mol. The lowest BCUT2D eigenvalue weighted by atomic mass is 10.1. The zero-order chi connectivity index (χ0) is 25.3. The molecule has 0 fully saturated rings. The number of anilines is 1. The molecule has 0 unspecified atom stereocenters. The lowest BCUT2D eigenvalue weighted by molar-refractivity contribution is -0.116. The maximum atomic E-state index is 12.4. The largest absolute Gasteiger partial charge is 0.493 e. The van der Waals surface area contributed by atoms with E-state index in [1.54, 1.807) is 56.7 Å². The molecule has 0 aliphatic rings. The van der Waals surface area contributed by atoms with Crippen LogP contribution in [0.3, 0.4) is 0 Å². The van der Waals surface area contributed by atoms with Crippen LogP contribution >= 0.6 is 0 Å². The second-order valence-corrected chi connectivity index (χ2v) is 7.94. The van der Waals surface area contributed by atoms with E-state index in [-0.39, 0.29) is 17.9 Å². The Morgan fingerprint density at radius 1 is 0.861 bits per heavy atom. The first-order valence-electron chi connectivity index (χ1n) is 11.5. The van der Waals surface area contributed by atoms with Crippen molar-refractivity contribution in [2.45, 2.75) is 19.4 Å². The Labute approximate surface area is 209 Å². The molecule has 1 N–H and O–H groups in total. The SMILES string of the molecule is COc1ccc(-c2ccc(=O)n(CCCC(=O)Nc3ccc(Oc4ccccc4)cc3)n2)cc1OC. The van der Waals surface area contributed by atoms with Crippen molar-refractivity contribution in [2.75, 3.05) is 19.5 Å². The molecule has 0 saturated carbocycles. The maximum absolute atomic E-state index is 12.4. The number of carbonyl (C=O) groups is 1. The van der Waals surface area contributed by atoms with Crippen LogP contribution in [0, 0.1) is 0 Å². The van der Waals surface area contributed by atoms with Gasteiger partial charge < -0.3 is 19.5 Å². The van der Waals surface area contributed by atoms with Crippen molar-refractivity contribution in [3.8, 4) is 34.3 Å². The van der Waals surface area contributed by atoms with E-state index >= 15 is 0 Å². The molecule has 0 aliphatic carbocycles. The van der Waals surface area contributed by atoms with E-state index in [4.69, 9.17) is 14.2 Å². The molecule has 8 nitrogen and oxygen atoms in total. The second-order valence-electron chi connectivity index (χ2n) is 7.94. The van der Waals surface area contributed by atoms with Gasteiger partial charge in [-0.2, -0.15) is 5.10 Å². The summed E-state index contributed by atoms with van der Waals surface area (Å²) in [6.07, 6.45) is 0.709. The normalized spacial score (nSPS) is 10.5. The van der Waals surface area contributed by atoms with Gasteiger partial charge in [0.1, 0.15) is 11.5 Å². The molecule has 1 aromatic heterocycles. The Hall–Kier alpha value is -4.59. The number of nitrogens with zero attached hydrogens (tertiary/aromatic N) is 2. The molecule has 0 saturated heterocycles. The van der Waals surface area contributed by atoms with Gasteiger partial charge >= 0.3 is 0 Å². The fraction of sp³-hybridized carbons (Fsp3) is 0.179. The van der Waals surface area contributed by atoms with Crippen LogP contribution in [0.25, 0.3) is 11.3 Å². The van der Waals surface area contributed by atoms with Gasteiger partial charge in [0.2, 0.25) is 5.91 Å². The van der Waals surface area contributed by atoms with Gasteiger partial charge in [-0.25, -0.2) is 4.68 Å². The first-order valence-corrected chi connectivity index (χ1v) is 11.5. The van der Waals surface area contributed by atoms with E-state index in [0.29, 0.717) is 41.6 Å². The molecule has 0 atom stereocenters. The Morgan fingerprint density at radius 3 is 2.31 bits per heavy atom. The molecule has 184 valence electrons. The second kappa shape index (κ2) is 11.7. The van der Waals surface area contributed by atoms with Crippen LogP contribution in [0.4, 0.5) is 5.69 Å². The molecule has 36 heavy (non-hydrogen) atoms. The Balaban J connectivity index is 1.32. The standard InChI is InChI=1S/C28H27N3O5/c1-34-25-16-10-20(19-26(25)35-2)24-15-17-28(33)31(30-24)18-6-9-27(32)29-21-11-13-23(14-12-21)36-22-7-4-3-5-8-22/h3-5,7-8,10-17,19H,6,9,18H2,1-2H3,(H,29,32). The average Bonchev–Trinajstić information content (AvgIpc) is 2.91. The minimum Gasteiger partial charge on any atom is -0.493 e. The predicted octanol–water partition coefficient (Wildman–Crippen LogP) is 5.14. The number of ether oxygens (including phenoxy) is 3. The van der Waals surface area contributed by atoms with Gasteiger partial charge in [0.25, 0.3) is 5.56 Å². The van der Waals surface area contributed by atoms with E-state index in [0.717, 1.165) is 11.3 Å². The summed E-state index contributed by atoms with van der Waals surface area (Å²) in [5.74, 6) is 2.47. The monoisotopic (exact) mass is 485 g/mol. The molecule has 0 aliphatic heterocycles. The fourth-order valence-electron chi connectivity index (χ4n) is 3.60. The number of aryl methyl sites for hydroxylation is 1. The summed E-state index contributed by atoms with van der Waals surface area (Å²) >= 11 is 0. The third kappa shape index (κ3) is 6.29. The molecule has 8 heteroatoms. The van der Waals surface area contributed by atoms with Crippen LogP contribution in [0.1, 0.15) is 12.8 Å². The van der Waals surface area contributed by atoms with Gasteiger partial charge in [-0.1, -0.05) is 18.2 Å². The fourth-order valence-corrected chi connectivity index (χ4v) is 3.60. The van der Waals surface area contributed by atoms with Crippen molar-refractivity contribution < 1.29 is 19.0 Å². The van der Waals surface area contributed by atoms with E-state index in [9.17, 15) is 9.59 Å². The summed E-state index contributed by atoms with van der Waals surface area (Å²) in [5, 5.41) is 7.33. The van der Waals surface area contributed by atoms with Crippen molar-refractivity contribution in [3.05, 3.63) is 95.3 Å². The topological polar surface area (TPSA) is 91.7 Å². The third-order valence-corrected chi connectivity index (χ3v) is 5.44. The number of hydrogen-bond donors (Lipinski definition) is 1. The van der Waals surface area contributed by atoms with Gasteiger partial charge in [0.15, 0.2) is 11.5 Å². The Bertz CT molecular complexity index is 1370. The summed E-state index contributed by atoms with van der Waals surface area (Å²) in [6, 6.07) is 25.2. The van der Waals surface area contributed by atoms with Crippen molar-refractivity contribution >= 4 is 11.6 Å². The number of methoxy groups -OCH3 is 2. The smallest absolute Gasteiger partial charge is 0.266 e. The molecule has 1 amide bonds. The molecule has 1 heterocycles. The first kappa shape index (κ1) is 24.5. The van der Waals surface area contributed by atoms with Crippen molar-refractivity contribution in [2.24, 2.45) is 0 Å². The number of carbonyl (C=O) groups excluding carboxylic acids is 1. The quantitative estimate of drug-likeness (QED) is 0.335. The summed E-state index contributed by atoms with van der Waals surface area (Å²) in [5.41, 5.74) is 1.86. The van der Waals surface area contributed by atoms with Crippen molar-refractivity contribution in [3.63, 3.8) is 0 Å². The number of aromatic nitrogens is 2. The molecule has 4 rings (SSSR count). The summed E-state index contributed by atoms with van der Waals surface area (Å²) in [7, 11) is 3.13. The third-order valence-electron chi connectivity index (χ3n) is 5.44. The number of para-hydroxylation sites is 1. The number of benzene rings is 3. The summed E-state index contributed by atoms with van der Waals surface area (Å²) in [4.78, 5) is 24.7. The van der Waals surface area contributed by atoms with E-state index in [1.807, 2.05) is 36.4 Å². The van der Waals surface area contributed by atoms with E-state index in [1.165, 1.54) is 10.7 Å². The number of amides is 1. The Morgan fingerprint density at radius 2 is 1.58 bits per heavy atom. The highest BCUT2D eigenvalue weighted by molar-refractivity contribution is 5.90. The van der Waals surface area contributed by atoms with Crippen molar-refractivity contribution in [1.29, 1.82) is 0 Å². The zero-order valence-corrected chi connectivity index (χ0v) is 20.1. The molecule has 0 spiro atoms. The predicted molar refractivity (Wildman–Crippen MR) is 138 cm³/mol. The van der Waals surface area contributed by atoms with E-state index < -0.39 is 0 Å². The van der Waals surface area contributed by atoms with Crippen molar-refractivity contribution in [1.82, 2.24) is 9.78 Å². The van der Waals surface area contributed by atoms with Gasteiger partial charge in [0, 0.05) is 30.3 Å². The highest BCUT2D eigenvalue weighted by Crippen LogP contribution is 2.31. The first-order chi connectivity index (χ1) is 17.6. The molecule has 3 aromatic carbocycles. The number of hydrogen-bond acceptors (Lipinski definition) is 6. The summed E-state index contributed by atoms with van der Waals surface area (Å²) < 4.78 is 17.8. The Kier molecular flexibility index (Phi) is 7.97. The lowest BCUT2D eigenvalue weighted by Gasteiger charge is -2.11.